The number of hydrogen-bond donors (Lipinski definition) is 0. The first-order valence-electron chi connectivity index (χ1n) is 4.24. The van der Waals surface area contributed by atoms with Crippen LogP contribution < -0.4 is 0 Å². The van der Waals surface area contributed by atoms with Gasteiger partial charge in [-0.25, -0.2) is 0 Å². The summed E-state index contributed by atoms with van der Waals surface area (Å²) in [5.74, 6) is 0. The molecule has 0 aliphatic heterocycles. The van der Waals surface area contributed by atoms with Gasteiger partial charge in [-0.2, -0.15) is 0 Å². The van der Waals surface area contributed by atoms with Crippen molar-refractivity contribution in [1.82, 2.24) is 4.98 Å². The van der Waals surface area contributed by atoms with Crippen molar-refractivity contribution < 1.29 is 4.92 Å². The van der Waals surface area contributed by atoms with Crippen LogP contribution in [0, 0.1) is 17.0 Å². The highest BCUT2D eigenvalue weighted by Gasteiger charge is 2.12. The van der Waals surface area contributed by atoms with Crippen molar-refractivity contribution in [3.8, 4) is 0 Å². The minimum absolute atomic E-state index is 0.142. The second-order valence-electron chi connectivity index (χ2n) is 3.20. The fourth-order valence-corrected chi connectivity index (χ4v) is 1.48. The van der Waals surface area contributed by atoms with Crippen LogP contribution in [-0.2, 0) is 6.42 Å². The lowest BCUT2D eigenvalue weighted by Crippen LogP contribution is -2.01. The highest BCUT2D eigenvalue weighted by atomic mass is 79.9. The quantitative estimate of drug-likeness (QED) is 0.476. The molecule has 0 radical (unpaired) electrons. The molecule has 0 fully saturated rings. The summed E-state index contributed by atoms with van der Waals surface area (Å²) in [7, 11) is 0. The number of aryl methyl sites for hydroxylation is 1. The number of nitrogens with zero attached hydrogens (tertiary/aromatic N) is 2. The molecule has 14 heavy (non-hydrogen) atoms. The van der Waals surface area contributed by atoms with Crippen molar-refractivity contribution in [2.24, 2.45) is 0 Å². The predicted molar refractivity (Wildman–Crippen MR) is 57.7 cm³/mol. The van der Waals surface area contributed by atoms with Crippen LogP contribution in [0.1, 0.15) is 18.2 Å². The van der Waals surface area contributed by atoms with Crippen LogP contribution in [0.5, 0.6) is 0 Å². The molecular weight excluding hydrogens is 248 g/mol. The largest absolute Gasteiger partial charge is 0.275 e. The van der Waals surface area contributed by atoms with Gasteiger partial charge in [-0.1, -0.05) is 22.9 Å². The Hall–Kier alpha value is -0.970. The van der Waals surface area contributed by atoms with Crippen LogP contribution in [0.25, 0.3) is 0 Å². The maximum Gasteiger partial charge on any atom is 0.275 e. The van der Waals surface area contributed by atoms with Gasteiger partial charge in [0.05, 0.1) is 4.92 Å². The number of alkyl halides is 1. The Kier molecular flexibility index (Phi) is 3.57. The van der Waals surface area contributed by atoms with Crippen LogP contribution >= 0.6 is 15.9 Å². The van der Waals surface area contributed by atoms with Crippen LogP contribution in [0.2, 0.25) is 0 Å². The average molecular weight is 259 g/mol. The molecule has 5 heteroatoms. The molecule has 1 aromatic heterocycles. The second-order valence-corrected chi connectivity index (χ2v) is 4.77. The van der Waals surface area contributed by atoms with E-state index >= 15 is 0 Å². The summed E-state index contributed by atoms with van der Waals surface area (Å²) in [5, 5.41) is 10.6. The van der Waals surface area contributed by atoms with E-state index in [9.17, 15) is 10.1 Å². The topological polar surface area (TPSA) is 56.0 Å². The van der Waals surface area contributed by atoms with Crippen molar-refractivity contribution in [1.29, 1.82) is 0 Å². The van der Waals surface area contributed by atoms with E-state index in [-0.39, 0.29) is 15.4 Å². The molecule has 76 valence electrons. The molecule has 1 aromatic rings. The van der Waals surface area contributed by atoms with Gasteiger partial charge in [-0.3, -0.25) is 15.1 Å². The van der Waals surface area contributed by atoms with E-state index in [1.165, 1.54) is 6.07 Å². The molecule has 1 rings (SSSR count). The van der Waals surface area contributed by atoms with Gasteiger partial charge in [0, 0.05) is 34.8 Å². The van der Waals surface area contributed by atoms with Crippen molar-refractivity contribution >= 4 is 21.6 Å². The molecule has 1 atom stereocenters. The van der Waals surface area contributed by atoms with E-state index in [4.69, 9.17) is 0 Å². The van der Waals surface area contributed by atoms with Gasteiger partial charge in [-0.05, 0) is 6.92 Å². The van der Waals surface area contributed by atoms with E-state index in [1.54, 1.807) is 13.1 Å². The fraction of sp³-hybridized carbons (Fsp3) is 0.444. The highest BCUT2D eigenvalue weighted by molar-refractivity contribution is 9.09. The SMILES string of the molecule is Cc1cnc(CC(C)Br)cc1[N+](=O)[O-]. The molecular formula is C9H11BrN2O2. The molecule has 0 aliphatic carbocycles. The smallest absolute Gasteiger partial charge is 0.260 e. The zero-order valence-electron chi connectivity index (χ0n) is 8.03. The molecule has 0 aliphatic rings. The lowest BCUT2D eigenvalue weighted by Gasteiger charge is -2.03. The minimum Gasteiger partial charge on any atom is -0.260 e. The third-order valence-corrected chi connectivity index (χ3v) is 2.14. The van der Waals surface area contributed by atoms with Gasteiger partial charge in [0.1, 0.15) is 0 Å². The number of aromatic nitrogens is 1. The average Bonchev–Trinajstić information content (AvgIpc) is 2.07. The monoisotopic (exact) mass is 258 g/mol. The third-order valence-electron chi connectivity index (χ3n) is 1.82. The van der Waals surface area contributed by atoms with Gasteiger partial charge in [0.15, 0.2) is 0 Å². The van der Waals surface area contributed by atoms with Crippen LogP contribution in [0.3, 0.4) is 0 Å². The summed E-state index contributed by atoms with van der Waals surface area (Å²) >= 11 is 3.38. The van der Waals surface area contributed by atoms with Crippen LogP contribution in [-0.4, -0.2) is 14.7 Å². The molecule has 0 amide bonds. The number of halogens is 1. The molecule has 0 N–H and O–H groups in total. The van der Waals surface area contributed by atoms with E-state index in [2.05, 4.69) is 20.9 Å². The number of rotatable bonds is 3. The zero-order chi connectivity index (χ0) is 10.7. The molecule has 0 saturated carbocycles. The Morgan fingerprint density at radius 1 is 1.71 bits per heavy atom. The molecule has 1 unspecified atom stereocenters. The molecule has 0 bridgehead atoms. The van der Waals surface area contributed by atoms with Gasteiger partial charge >= 0.3 is 0 Å². The van der Waals surface area contributed by atoms with Gasteiger partial charge in [0.2, 0.25) is 0 Å². The van der Waals surface area contributed by atoms with Gasteiger partial charge in [-0.15, -0.1) is 0 Å². The summed E-state index contributed by atoms with van der Waals surface area (Å²) in [4.78, 5) is 14.7. The summed E-state index contributed by atoms with van der Waals surface area (Å²) in [6, 6.07) is 1.53. The Labute approximate surface area is 90.6 Å². The van der Waals surface area contributed by atoms with E-state index in [1.807, 2.05) is 6.92 Å². The number of hydrogen-bond acceptors (Lipinski definition) is 3. The lowest BCUT2D eigenvalue weighted by atomic mass is 10.2. The fourth-order valence-electron chi connectivity index (χ4n) is 1.15. The first-order chi connectivity index (χ1) is 6.50. The minimum atomic E-state index is -0.376. The Balaban J connectivity index is 3.00. The third kappa shape index (κ3) is 2.77. The molecule has 0 saturated heterocycles. The first-order valence-corrected chi connectivity index (χ1v) is 5.16. The molecule has 0 spiro atoms. The summed E-state index contributed by atoms with van der Waals surface area (Å²) in [5.41, 5.74) is 1.48. The first kappa shape index (κ1) is 11.1. The number of pyridine rings is 1. The van der Waals surface area contributed by atoms with Crippen LogP contribution in [0.15, 0.2) is 12.3 Å². The highest BCUT2D eigenvalue weighted by Crippen LogP contribution is 2.18. The van der Waals surface area contributed by atoms with E-state index < -0.39 is 0 Å². The number of nitro groups is 1. The van der Waals surface area contributed by atoms with Crippen molar-refractivity contribution in [3.63, 3.8) is 0 Å². The Morgan fingerprint density at radius 3 is 2.86 bits per heavy atom. The van der Waals surface area contributed by atoms with E-state index in [0.717, 1.165) is 5.69 Å². The van der Waals surface area contributed by atoms with Crippen LogP contribution in [0.4, 0.5) is 5.69 Å². The normalized spacial score (nSPS) is 12.5. The summed E-state index contributed by atoms with van der Waals surface area (Å²) < 4.78 is 0. The summed E-state index contributed by atoms with van der Waals surface area (Å²) in [6.07, 6.45) is 2.24. The van der Waals surface area contributed by atoms with Gasteiger partial charge in [0.25, 0.3) is 5.69 Å². The lowest BCUT2D eigenvalue weighted by molar-refractivity contribution is -0.385. The molecule has 0 aromatic carbocycles. The maximum atomic E-state index is 10.6. The Morgan fingerprint density at radius 2 is 2.36 bits per heavy atom. The predicted octanol–water partition coefficient (Wildman–Crippen LogP) is 2.62. The molecule has 1 heterocycles. The Bertz CT molecular complexity index is 353. The zero-order valence-corrected chi connectivity index (χ0v) is 9.61. The van der Waals surface area contributed by atoms with E-state index in [0.29, 0.717) is 12.0 Å². The maximum absolute atomic E-state index is 10.6. The molecule has 4 nitrogen and oxygen atoms in total. The standard InChI is InChI=1S/C9H11BrN2O2/c1-6-5-11-8(3-7(2)10)4-9(6)12(13)14/h4-5,7H,3H2,1-2H3. The van der Waals surface area contributed by atoms with Gasteiger partial charge < -0.3 is 0 Å². The van der Waals surface area contributed by atoms with Crippen molar-refractivity contribution in [2.45, 2.75) is 25.1 Å². The van der Waals surface area contributed by atoms with Crippen molar-refractivity contribution in [3.05, 3.63) is 33.6 Å². The van der Waals surface area contributed by atoms with Crippen molar-refractivity contribution in [2.75, 3.05) is 0 Å². The second kappa shape index (κ2) is 4.50. The summed E-state index contributed by atoms with van der Waals surface area (Å²) in [6.45, 7) is 3.67.